The normalized spacial score (nSPS) is 9.09. The summed E-state index contributed by atoms with van der Waals surface area (Å²) in [5.74, 6) is -0.411. The molecule has 0 fully saturated rings. The number of hydrogen-bond donors (Lipinski definition) is 1. The number of nitrogens with zero attached hydrogens (tertiary/aromatic N) is 1. The molecule has 0 saturated heterocycles. The van der Waals surface area contributed by atoms with E-state index < -0.39 is 5.82 Å². The number of anilines is 1. The molecule has 1 aromatic rings. The van der Waals surface area contributed by atoms with Gasteiger partial charge in [-0.05, 0) is 30.0 Å². The molecule has 0 radical (unpaired) electrons. The van der Waals surface area contributed by atoms with Gasteiger partial charge in [-0.1, -0.05) is 0 Å². The van der Waals surface area contributed by atoms with E-state index in [4.69, 9.17) is 11.0 Å². The van der Waals surface area contributed by atoms with Crippen molar-refractivity contribution in [3.63, 3.8) is 0 Å². The maximum Gasteiger partial charge on any atom is 0.138 e. The molecule has 0 aliphatic heterocycles. The van der Waals surface area contributed by atoms with Gasteiger partial charge in [0.05, 0.1) is 4.90 Å². The van der Waals surface area contributed by atoms with E-state index in [-0.39, 0.29) is 4.90 Å². The summed E-state index contributed by atoms with van der Waals surface area (Å²) >= 11 is 0.767. The lowest BCUT2D eigenvalue weighted by molar-refractivity contribution is 0.602. The Labute approximate surface area is 67.8 Å². The fourth-order valence-electron chi connectivity index (χ4n) is 0.647. The molecule has 0 aliphatic rings. The van der Waals surface area contributed by atoms with Crippen LogP contribution in [0.15, 0.2) is 23.1 Å². The molecule has 2 nitrogen and oxygen atoms in total. The SMILES string of the molecule is N#CSc1cc(N)ccc1F. The molecule has 0 aromatic heterocycles. The Morgan fingerprint density at radius 3 is 2.91 bits per heavy atom. The van der Waals surface area contributed by atoms with Gasteiger partial charge in [0, 0.05) is 5.69 Å². The van der Waals surface area contributed by atoms with Crippen molar-refractivity contribution >= 4 is 17.4 Å². The predicted molar refractivity (Wildman–Crippen MR) is 42.3 cm³/mol. The zero-order valence-corrected chi connectivity index (χ0v) is 6.36. The minimum atomic E-state index is -0.411. The zero-order valence-electron chi connectivity index (χ0n) is 5.54. The molecular weight excluding hydrogens is 163 g/mol. The van der Waals surface area contributed by atoms with E-state index >= 15 is 0 Å². The quantitative estimate of drug-likeness (QED) is 0.396. The fourth-order valence-corrected chi connectivity index (χ4v) is 1.11. The van der Waals surface area contributed by atoms with E-state index in [0.29, 0.717) is 5.69 Å². The highest BCUT2D eigenvalue weighted by Gasteiger charge is 2.01. The van der Waals surface area contributed by atoms with Gasteiger partial charge < -0.3 is 5.73 Å². The molecule has 0 bridgehead atoms. The van der Waals surface area contributed by atoms with E-state index in [9.17, 15) is 4.39 Å². The minimum Gasteiger partial charge on any atom is -0.399 e. The molecule has 11 heavy (non-hydrogen) atoms. The Hall–Kier alpha value is -1.21. The molecule has 0 unspecified atom stereocenters. The van der Waals surface area contributed by atoms with Crippen molar-refractivity contribution in [2.45, 2.75) is 4.90 Å². The number of thioether (sulfide) groups is 1. The van der Waals surface area contributed by atoms with Gasteiger partial charge in [0.25, 0.3) is 0 Å². The van der Waals surface area contributed by atoms with Gasteiger partial charge in [-0.3, -0.25) is 0 Å². The van der Waals surface area contributed by atoms with E-state index in [1.165, 1.54) is 18.2 Å². The first-order valence-corrected chi connectivity index (χ1v) is 3.66. The van der Waals surface area contributed by atoms with Crippen molar-refractivity contribution in [2.24, 2.45) is 0 Å². The molecule has 0 heterocycles. The van der Waals surface area contributed by atoms with Crippen LogP contribution in [0.3, 0.4) is 0 Å². The van der Waals surface area contributed by atoms with E-state index in [2.05, 4.69) is 0 Å². The van der Waals surface area contributed by atoms with Crippen molar-refractivity contribution in [1.82, 2.24) is 0 Å². The van der Waals surface area contributed by atoms with Crippen LogP contribution in [-0.2, 0) is 0 Å². The maximum atomic E-state index is 12.7. The Morgan fingerprint density at radius 1 is 1.55 bits per heavy atom. The smallest absolute Gasteiger partial charge is 0.138 e. The van der Waals surface area contributed by atoms with Crippen LogP contribution in [-0.4, -0.2) is 0 Å². The predicted octanol–water partition coefficient (Wildman–Crippen LogP) is 1.98. The number of hydrogen-bond acceptors (Lipinski definition) is 3. The first kappa shape index (κ1) is 7.89. The lowest BCUT2D eigenvalue weighted by atomic mass is 10.3. The summed E-state index contributed by atoms with van der Waals surface area (Å²) in [6.07, 6.45) is 0. The lowest BCUT2D eigenvalue weighted by Gasteiger charge is -1.96. The van der Waals surface area contributed by atoms with Crippen molar-refractivity contribution in [1.29, 1.82) is 5.26 Å². The molecule has 2 N–H and O–H groups in total. The molecule has 0 spiro atoms. The maximum absolute atomic E-state index is 12.7. The van der Waals surface area contributed by atoms with Crippen LogP contribution in [0.2, 0.25) is 0 Å². The molecule has 1 aromatic carbocycles. The van der Waals surface area contributed by atoms with Crippen LogP contribution >= 0.6 is 11.8 Å². The second-order valence-electron chi connectivity index (χ2n) is 1.88. The Bertz CT molecular complexity index is 306. The van der Waals surface area contributed by atoms with Gasteiger partial charge in [-0.25, -0.2) is 4.39 Å². The average Bonchev–Trinajstić information content (AvgIpc) is 1.98. The van der Waals surface area contributed by atoms with Crippen molar-refractivity contribution in [3.05, 3.63) is 24.0 Å². The number of thiocyanates is 1. The van der Waals surface area contributed by atoms with Crippen molar-refractivity contribution < 1.29 is 4.39 Å². The van der Waals surface area contributed by atoms with Crippen molar-refractivity contribution in [2.75, 3.05) is 5.73 Å². The third-order valence-electron chi connectivity index (χ3n) is 1.11. The van der Waals surface area contributed by atoms with Gasteiger partial charge in [0.1, 0.15) is 11.2 Å². The second kappa shape index (κ2) is 3.26. The molecule has 0 aliphatic carbocycles. The third-order valence-corrected chi connectivity index (χ3v) is 1.73. The Morgan fingerprint density at radius 2 is 2.27 bits per heavy atom. The van der Waals surface area contributed by atoms with E-state index in [0.717, 1.165) is 11.8 Å². The topological polar surface area (TPSA) is 49.8 Å². The van der Waals surface area contributed by atoms with E-state index in [1.54, 1.807) is 5.40 Å². The monoisotopic (exact) mass is 168 g/mol. The molecule has 56 valence electrons. The Balaban J connectivity index is 3.05. The number of nitrogen functional groups attached to an aromatic ring is 1. The van der Waals surface area contributed by atoms with Crippen LogP contribution in [0.25, 0.3) is 0 Å². The number of nitriles is 1. The third kappa shape index (κ3) is 1.85. The fraction of sp³-hybridized carbons (Fsp3) is 0. The molecular formula is C7H5FN2S. The summed E-state index contributed by atoms with van der Waals surface area (Å²) in [4.78, 5) is 0.271. The minimum absolute atomic E-state index is 0.271. The molecule has 1 rings (SSSR count). The van der Waals surface area contributed by atoms with Gasteiger partial charge in [-0.15, -0.1) is 0 Å². The first-order chi connectivity index (χ1) is 5.24. The summed E-state index contributed by atoms with van der Waals surface area (Å²) in [6.45, 7) is 0. The number of nitrogens with two attached hydrogens (primary N) is 1. The largest absolute Gasteiger partial charge is 0.399 e. The summed E-state index contributed by atoms with van der Waals surface area (Å²) in [7, 11) is 0. The van der Waals surface area contributed by atoms with Crippen LogP contribution < -0.4 is 5.73 Å². The highest BCUT2D eigenvalue weighted by Crippen LogP contribution is 2.22. The van der Waals surface area contributed by atoms with Gasteiger partial charge in [-0.2, -0.15) is 5.26 Å². The number of rotatable bonds is 1. The number of benzene rings is 1. The summed E-state index contributed by atoms with van der Waals surface area (Å²) in [6, 6.07) is 4.13. The van der Waals surface area contributed by atoms with Crippen LogP contribution in [0.1, 0.15) is 0 Å². The standard InChI is InChI=1S/C7H5FN2S/c8-6-2-1-5(10)3-7(6)11-4-9/h1-3H,10H2. The number of halogens is 1. The summed E-state index contributed by atoms with van der Waals surface area (Å²) in [5.41, 5.74) is 5.83. The van der Waals surface area contributed by atoms with Crippen molar-refractivity contribution in [3.8, 4) is 5.40 Å². The van der Waals surface area contributed by atoms with Gasteiger partial charge in [0.2, 0.25) is 0 Å². The van der Waals surface area contributed by atoms with Crippen LogP contribution in [0, 0.1) is 16.5 Å². The molecule has 4 heteroatoms. The summed E-state index contributed by atoms with van der Waals surface area (Å²) in [5, 5.41) is 10.0. The van der Waals surface area contributed by atoms with Gasteiger partial charge in [0.15, 0.2) is 0 Å². The molecule has 0 atom stereocenters. The van der Waals surface area contributed by atoms with Crippen LogP contribution in [0.5, 0.6) is 0 Å². The van der Waals surface area contributed by atoms with E-state index in [1.807, 2.05) is 0 Å². The highest BCUT2D eigenvalue weighted by atomic mass is 32.2. The molecule has 0 saturated carbocycles. The Kier molecular flexibility index (Phi) is 2.34. The lowest BCUT2D eigenvalue weighted by Crippen LogP contribution is -1.86. The summed E-state index contributed by atoms with van der Waals surface area (Å²) < 4.78 is 12.7. The average molecular weight is 168 g/mol. The zero-order chi connectivity index (χ0) is 8.27. The second-order valence-corrected chi connectivity index (χ2v) is 2.71. The molecule has 0 amide bonds. The van der Waals surface area contributed by atoms with Gasteiger partial charge >= 0.3 is 0 Å². The highest BCUT2D eigenvalue weighted by molar-refractivity contribution is 8.03. The first-order valence-electron chi connectivity index (χ1n) is 2.85. The van der Waals surface area contributed by atoms with Crippen LogP contribution in [0.4, 0.5) is 10.1 Å².